The van der Waals surface area contributed by atoms with E-state index in [0.717, 1.165) is 0 Å². The Bertz CT molecular complexity index is 228. The highest BCUT2D eigenvalue weighted by Crippen LogP contribution is 2.03. The highest BCUT2D eigenvalue weighted by molar-refractivity contribution is 6.00. The molecule has 0 bridgehead atoms. The molecule has 0 amide bonds. The van der Waals surface area contributed by atoms with Gasteiger partial charge in [0, 0.05) is 18.2 Å². The van der Waals surface area contributed by atoms with Crippen LogP contribution in [0.25, 0.3) is 5.53 Å². The first kappa shape index (κ1) is 7.92. The molecule has 0 saturated heterocycles. The fourth-order valence-electron chi connectivity index (χ4n) is 0.925. The summed E-state index contributed by atoms with van der Waals surface area (Å²) in [6.07, 6.45) is 7.56. The molecule has 0 N–H and O–H groups in total. The van der Waals surface area contributed by atoms with E-state index in [-0.39, 0.29) is 0 Å². The topological polar surface area (TPSA) is 39.6 Å². The Morgan fingerprint density at radius 3 is 2.27 bits per heavy atom. The summed E-state index contributed by atoms with van der Waals surface area (Å²) in [6, 6.07) is 0.320. The molecule has 0 saturated carbocycles. The van der Waals surface area contributed by atoms with Crippen molar-refractivity contribution in [2.75, 3.05) is 14.1 Å². The fraction of sp³-hybridized carbons (Fsp3) is 0.375. The van der Waals surface area contributed by atoms with Crippen molar-refractivity contribution in [3.63, 3.8) is 0 Å². The molecule has 0 unspecified atom stereocenters. The molecule has 0 aromatic heterocycles. The van der Waals surface area contributed by atoms with Crippen molar-refractivity contribution in [2.24, 2.45) is 0 Å². The molecule has 3 heteroatoms. The van der Waals surface area contributed by atoms with Crippen LogP contribution in [0.2, 0.25) is 0 Å². The van der Waals surface area contributed by atoms with Crippen molar-refractivity contribution in [2.45, 2.75) is 6.04 Å². The number of allylic oxidation sites excluding steroid dienone is 2. The highest BCUT2D eigenvalue weighted by atomic mass is 15.1. The summed E-state index contributed by atoms with van der Waals surface area (Å²) in [5.74, 6) is 0. The maximum atomic E-state index is 8.39. The molecule has 58 valence electrons. The molecule has 0 atom stereocenters. The summed E-state index contributed by atoms with van der Waals surface area (Å²) in [5.41, 5.74) is 8.99. The minimum absolute atomic E-state index is 0.320. The van der Waals surface area contributed by atoms with Crippen LogP contribution in [0.4, 0.5) is 0 Å². The van der Waals surface area contributed by atoms with Crippen LogP contribution in [0.5, 0.6) is 0 Å². The van der Waals surface area contributed by atoms with Crippen LogP contribution in [-0.4, -0.2) is 35.5 Å². The molecule has 1 aliphatic carbocycles. The Morgan fingerprint density at radius 2 is 1.91 bits per heavy atom. The predicted octanol–water partition coefficient (Wildman–Crippen LogP) is 0.713. The van der Waals surface area contributed by atoms with Crippen LogP contribution in [0.1, 0.15) is 0 Å². The SMILES string of the molecule is CN(C)C1C=CC(=[N+]=[N-])C=C1. The third-order valence-corrected chi connectivity index (χ3v) is 1.64. The molecular weight excluding hydrogens is 138 g/mol. The first-order valence-corrected chi connectivity index (χ1v) is 3.49. The smallest absolute Gasteiger partial charge is 0.314 e. The van der Waals surface area contributed by atoms with E-state index in [9.17, 15) is 0 Å². The predicted molar refractivity (Wildman–Crippen MR) is 44.4 cm³/mol. The van der Waals surface area contributed by atoms with E-state index in [0.29, 0.717) is 11.8 Å². The summed E-state index contributed by atoms with van der Waals surface area (Å²) in [4.78, 5) is 5.14. The Balaban J connectivity index is 2.72. The minimum Gasteiger partial charge on any atom is -0.361 e. The van der Waals surface area contributed by atoms with Gasteiger partial charge in [-0.15, -0.1) is 0 Å². The Morgan fingerprint density at radius 1 is 1.36 bits per heavy atom. The summed E-state index contributed by atoms with van der Waals surface area (Å²) in [7, 11) is 4.00. The van der Waals surface area contributed by atoms with E-state index < -0.39 is 0 Å². The quantitative estimate of drug-likeness (QED) is 0.400. The lowest BCUT2D eigenvalue weighted by atomic mass is 10.1. The molecule has 0 radical (unpaired) electrons. The number of rotatable bonds is 1. The van der Waals surface area contributed by atoms with Gasteiger partial charge in [-0.2, -0.15) is 4.79 Å². The number of hydrogen-bond donors (Lipinski definition) is 0. The highest BCUT2D eigenvalue weighted by Gasteiger charge is 2.10. The third-order valence-electron chi connectivity index (χ3n) is 1.64. The van der Waals surface area contributed by atoms with E-state index in [4.69, 9.17) is 5.53 Å². The Hall–Kier alpha value is -1.18. The number of nitrogens with zero attached hydrogens (tertiary/aromatic N) is 3. The van der Waals surface area contributed by atoms with Crippen molar-refractivity contribution in [1.29, 1.82) is 0 Å². The molecular formula is C8H11N3. The maximum absolute atomic E-state index is 8.39. The monoisotopic (exact) mass is 149 g/mol. The lowest BCUT2D eigenvalue weighted by Gasteiger charge is -2.17. The van der Waals surface area contributed by atoms with Gasteiger partial charge in [0.05, 0.1) is 0 Å². The molecule has 0 heterocycles. The van der Waals surface area contributed by atoms with Gasteiger partial charge in [0.2, 0.25) is 0 Å². The van der Waals surface area contributed by atoms with Gasteiger partial charge in [0.1, 0.15) is 0 Å². The molecule has 1 rings (SSSR count). The molecule has 0 spiro atoms. The molecule has 11 heavy (non-hydrogen) atoms. The van der Waals surface area contributed by atoms with Crippen molar-refractivity contribution in [3.8, 4) is 0 Å². The number of likely N-dealkylation sites (N-methyl/N-ethyl adjacent to an activating group) is 1. The summed E-state index contributed by atoms with van der Waals surface area (Å²) in [5, 5.41) is 0. The van der Waals surface area contributed by atoms with E-state index in [1.54, 1.807) is 12.2 Å². The second-order valence-corrected chi connectivity index (χ2v) is 2.70. The molecule has 0 aromatic carbocycles. The normalized spacial score (nSPS) is 22.5. The first-order chi connectivity index (χ1) is 5.24. The van der Waals surface area contributed by atoms with Gasteiger partial charge in [0.25, 0.3) is 0 Å². The third kappa shape index (κ3) is 1.87. The Labute approximate surface area is 66.3 Å². The van der Waals surface area contributed by atoms with Crippen LogP contribution in [0, 0.1) is 0 Å². The molecule has 0 aromatic rings. The fourth-order valence-corrected chi connectivity index (χ4v) is 0.925. The zero-order valence-corrected chi connectivity index (χ0v) is 6.73. The van der Waals surface area contributed by atoms with E-state index in [2.05, 4.69) is 9.69 Å². The second kappa shape index (κ2) is 3.28. The van der Waals surface area contributed by atoms with Crippen LogP contribution >= 0.6 is 0 Å². The van der Waals surface area contributed by atoms with E-state index >= 15 is 0 Å². The zero-order valence-electron chi connectivity index (χ0n) is 6.73. The summed E-state index contributed by atoms with van der Waals surface area (Å²) in [6.45, 7) is 0. The lowest BCUT2D eigenvalue weighted by Crippen LogP contribution is -2.25. The first-order valence-electron chi connectivity index (χ1n) is 3.49. The van der Waals surface area contributed by atoms with E-state index in [1.165, 1.54) is 0 Å². The summed E-state index contributed by atoms with van der Waals surface area (Å²) < 4.78 is 0. The van der Waals surface area contributed by atoms with E-state index in [1.807, 2.05) is 26.2 Å². The standard InChI is InChI=1S/C8H11N3/c1-11(2)8-5-3-7(10-9)4-6-8/h3-6,8H,1-2H3. The van der Waals surface area contributed by atoms with Gasteiger partial charge in [-0.05, 0) is 14.1 Å². The molecule has 0 aliphatic heterocycles. The minimum atomic E-state index is 0.320. The summed E-state index contributed by atoms with van der Waals surface area (Å²) >= 11 is 0. The van der Waals surface area contributed by atoms with Gasteiger partial charge >= 0.3 is 5.71 Å². The van der Waals surface area contributed by atoms with Crippen LogP contribution < -0.4 is 0 Å². The van der Waals surface area contributed by atoms with Gasteiger partial charge < -0.3 is 5.53 Å². The zero-order chi connectivity index (χ0) is 8.27. The second-order valence-electron chi connectivity index (χ2n) is 2.70. The molecule has 3 nitrogen and oxygen atoms in total. The van der Waals surface area contributed by atoms with Crippen molar-refractivity contribution in [1.82, 2.24) is 4.90 Å². The average molecular weight is 149 g/mol. The van der Waals surface area contributed by atoms with Gasteiger partial charge in [-0.3, -0.25) is 4.90 Å². The maximum Gasteiger partial charge on any atom is 0.314 e. The van der Waals surface area contributed by atoms with Crippen LogP contribution in [0.15, 0.2) is 24.3 Å². The van der Waals surface area contributed by atoms with Gasteiger partial charge in [-0.1, -0.05) is 12.2 Å². The van der Waals surface area contributed by atoms with Crippen LogP contribution in [0.3, 0.4) is 0 Å². The van der Waals surface area contributed by atoms with Gasteiger partial charge in [0.15, 0.2) is 0 Å². The van der Waals surface area contributed by atoms with Crippen molar-refractivity contribution >= 4 is 5.71 Å². The lowest BCUT2D eigenvalue weighted by molar-refractivity contribution is -0.00170. The average Bonchev–Trinajstić information content (AvgIpc) is 2.05. The molecule has 0 fully saturated rings. The van der Waals surface area contributed by atoms with Crippen molar-refractivity contribution < 1.29 is 4.79 Å². The largest absolute Gasteiger partial charge is 0.361 e. The van der Waals surface area contributed by atoms with Crippen molar-refractivity contribution in [3.05, 3.63) is 29.8 Å². The number of hydrogen-bond acceptors (Lipinski definition) is 1. The molecule has 1 aliphatic rings. The van der Waals surface area contributed by atoms with Crippen LogP contribution in [-0.2, 0) is 0 Å². The Kier molecular flexibility index (Phi) is 2.36. The van der Waals surface area contributed by atoms with Gasteiger partial charge in [-0.25, -0.2) is 0 Å².